The van der Waals surface area contributed by atoms with E-state index in [9.17, 15) is 10.2 Å². The van der Waals surface area contributed by atoms with Crippen molar-refractivity contribution < 1.29 is 10.2 Å². The quantitative estimate of drug-likeness (QED) is 0.647. The summed E-state index contributed by atoms with van der Waals surface area (Å²) in [6.45, 7) is 4.05. The summed E-state index contributed by atoms with van der Waals surface area (Å²) in [5.74, 6) is 0.177. The highest BCUT2D eigenvalue weighted by Crippen LogP contribution is 2.47. The third kappa shape index (κ3) is 4.01. The molecule has 4 heteroatoms. The largest absolute Gasteiger partial charge is 0.388 e. The molecule has 1 aliphatic heterocycles. The molecule has 2 aromatic rings. The smallest absolute Gasteiger partial charge is 0.120 e. The molecule has 2 aliphatic rings. The fourth-order valence-electron chi connectivity index (χ4n) is 4.68. The Balaban J connectivity index is 1.36. The molecule has 3 N–H and O–H groups in total. The molecule has 0 saturated heterocycles. The fraction of sp³-hybridized carbons (Fsp3) is 0.500. The number of aliphatic hydroxyl groups excluding tert-OH is 1. The molecule has 4 rings (SSSR count). The van der Waals surface area contributed by atoms with Crippen LogP contribution in [0.5, 0.6) is 0 Å². The van der Waals surface area contributed by atoms with Crippen LogP contribution in [0.2, 0.25) is 0 Å². The van der Waals surface area contributed by atoms with Crippen molar-refractivity contribution in [3.63, 3.8) is 0 Å². The Morgan fingerprint density at radius 1 is 1.04 bits per heavy atom. The summed E-state index contributed by atoms with van der Waals surface area (Å²) in [5, 5.41) is 26.1. The maximum Gasteiger partial charge on any atom is 0.120 e. The van der Waals surface area contributed by atoms with Gasteiger partial charge in [0.2, 0.25) is 0 Å². The van der Waals surface area contributed by atoms with Crippen LogP contribution in [0.4, 0.5) is 0 Å². The zero-order chi connectivity index (χ0) is 19.4. The van der Waals surface area contributed by atoms with Gasteiger partial charge in [0.05, 0.1) is 6.10 Å². The first kappa shape index (κ1) is 19.6. The molecule has 0 aromatic heterocycles. The normalized spacial score (nSPS) is 25.7. The van der Waals surface area contributed by atoms with Gasteiger partial charge in [-0.2, -0.15) is 0 Å². The van der Waals surface area contributed by atoms with Crippen molar-refractivity contribution in [2.24, 2.45) is 5.92 Å². The van der Waals surface area contributed by atoms with E-state index in [0.29, 0.717) is 6.54 Å². The van der Waals surface area contributed by atoms with Gasteiger partial charge >= 0.3 is 0 Å². The summed E-state index contributed by atoms with van der Waals surface area (Å²) < 4.78 is 0. The third-order valence-corrected chi connectivity index (χ3v) is 6.51. The number of benzene rings is 2. The number of nitrogens with zero attached hydrogens (tertiary/aromatic N) is 1. The van der Waals surface area contributed by atoms with E-state index in [2.05, 4.69) is 40.5 Å². The molecule has 0 spiro atoms. The molecule has 150 valence electrons. The highest BCUT2D eigenvalue weighted by atomic mass is 16.3. The van der Waals surface area contributed by atoms with Crippen molar-refractivity contribution in [1.29, 1.82) is 0 Å². The number of aliphatic hydroxyl groups is 2. The molecule has 0 bridgehead atoms. The van der Waals surface area contributed by atoms with Crippen LogP contribution in [0.25, 0.3) is 0 Å². The second-order valence-corrected chi connectivity index (χ2v) is 8.38. The Morgan fingerprint density at radius 3 is 2.54 bits per heavy atom. The predicted octanol–water partition coefficient (Wildman–Crippen LogP) is 3.03. The van der Waals surface area contributed by atoms with Crippen LogP contribution < -0.4 is 5.32 Å². The highest BCUT2D eigenvalue weighted by Gasteiger charge is 2.49. The number of hydrogen-bond donors (Lipinski definition) is 3. The summed E-state index contributed by atoms with van der Waals surface area (Å²) in [5.41, 5.74) is 2.30. The standard InChI is InChI=1S/C24H32N2O2/c27-23-18-26(15-7-14-25-16-19-8-2-1-3-9-19)17-20-10-4-5-13-22(20)24(23,28)21-11-6-12-21/h1-5,8-10,13,21,23,25,27-28H,6-7,11-12,14-18H2/t23-,24+/m0/s1. The summed E-state index contributed by atoms with van der Waals surface area (Å²) >= 11 is 0. The molecule has 0 amide bonds. The topological polar surface area (TPSA) is 55.7 Å². The Morgan fingerprint density at radius 2 is 1.79 bits per heavy atom. The molecule has 0 radical (unpaired) electrons. The molecule has 2 atom stereocenters. The minimum Gasteiger partial charge on any atom is -0.388 e. The fourth-order valence-corrected chi connectivity index (χ4v) is 4.68. The molecule has 0 unspecified atom stereocenters. The molecule has 1 heterocycles. The SMILES string of the molecule is O[C@H]1CN(CCCNCc2ccccc2)Cc2ccccc2[C@]1(O)C1CCC1. The number of β-amino-alcohol motifs (C(OH)–C–C–N with tert-alkyl or cyclic N) is 1. The minimum atomic E-state index is -1.10. The van der Waals surface area contributed by atoms with Crippen LogP contribution in [0, 0.1) is 5.92 Å². The first-order valence-corrected chi connectivity index (χ1v) is 10.6. The van der Waals surface area contributed by atoms with E-state index in [1.54, 1.807) is 0 Å². The number of fused-ring (bicyclic) bond motifs is 1. The summed E-state index contributed by atoms with van der Waals surface area (Å²) in [7, 11) is 0. The number of hydrogen-bond acceptors (Lipinski definition) is 4. The Labute approximate surface area is 168 Å². The van der Waals surface area contributed by atoms with Crippen molar-refractivity contribution in [1.82, 2.24) is 10.2 Å². The minimum absolute atomic E-state index is 0.177. The lowest BCUT2D eigenvalue weighted by Gasteiger charge is -2.44. The van der Waals surface area contributed by atoms with Gasteiger partial charge < -0.3 is 15.5 Å². The van der Waals surface area contributed by atoms with Gasteiger partial charge in [0, 0.05) is 19.6 Å². The van der Waals surface area contributed by atoms with Gasteiger partial charge in [-0.25, -0.2) is 0 Å². The number of rotatable bonds is 7. The highest BCUT2D eigenvalue weighted by molar-refractivity contribution is 5.36. The van der Waals surface area contributed by atoms with Gasteiger partial charge in [0.25, 0.3) is 0 Å². The Bertz CT molecular complexity index is 762. The summed E-state index contributed by atoms with van der Waals surface area (Å²) in [4.78, 5) is 2.30. The van der Waals surface area contributed by atoms with Gasteiger partial charge in [0.1, 0.15) is 5.60 Å². The lowest BCUT2D eigenvalue weighted by molar-refractivity contribution is -0.144. The molecular formula is C24H32N2O2. The second-order valence-electron chi connectivity index (χ2n) is 8.38. The van der Waals surface area contributed by atoms with E-state index in [1.165, 1.54) is 5.56 Å². The van der Waals surface area contributed by atoms with Gasteiger partial charge in [0.15, 0.2) is 0 Å². The van der Waals surface area contributed by atoms with Crippen molar-refractivity contribution in [2.75, 3.05) is 19.6 Å². The van der Waals surface area contributed by atoms with Crippen LogP contribution in [0.15, 0.2) is 54.6 Å². The van der Waals surface area contributed by atoms with Gasteiger partial charge in [-0.15, -0.1) is 0 Å². The van der Waals surface area contributed by atoms with Crippen LogP contribution in [0.3, 0.4) is 0 Å². The van der Waals surface area contributed by atoms with Crippen molar-refractivity contribution >= 4 is 0 Å². The first-order valence-electron chi connectivity index (χ1n) is 10.6. The average molecular weight is 381 g/mol. The Kier molecular flexibility index (Phi) is 6.12. The van der Waals surface area contributed by atoms with E-state index in [1.807, 2.05) is 24.3 Å². The van der Waals surface area contributed by atoms with Crippen LogP contribution in [-0.4, -0.2) is 40.9 Å². The molecule has 4 nitrogen and oxygen atoms in total. The molecular weight excluding hydrogens is 348 g/mol. The molecule has 1 fully saturated rings. The van der Waals surface area contributed by atoms with Crippen molar-refractivity contribution in [3.05, 3.63) is 71.3 Å². The second kappa shape index (κ2) is 8.75. The van der Waals surface area contributed by atoms with Crippen molar-refractivity contribution in [2.45, 2.75) is 50.5 Å². The lowest BCUT2D eigenvalue weighted by Crippen LogP contribution is -2.51. The van der Waals surface area contributed by atoms with E-state index in [4.69, 9.17) is 0 Å². The monoisotopic (exact) mass is 380 g/mol. The zero-order valence-electron chi connectivity index (χ0n) is 16.6. The first-order chi connectivity index (χ1) is 13.7. The maximum atomic E-state index is 11.6. The van der Waals surface area contributed by atoms with E-state index >= 15 is 0 Å². The number of nitrogens with one attached hydrogen (secondary N) is 1. The van der Waals surface area contributed by atoms with Crippen LogP contribution in [0.1, 0.15) is 42.4 Å². The average Bonchev–Trinajstić information content (AvgIpc) is 2.76. The molecule has 28 heavy (non-hydrogen) atoms. The summed E-state index contributed by atoms with van der Waals surface area (Å²) in [6, 6.07) is 18.6. The van der Waals surface area contributed by atoms with E-state index in [-0.39, 0.29) is 5.92 Å². The summed E-state index contributed by atoms with van der Waals surface area (Å²) in [6.07, 6.45) is 3.44. The van der Waals surface area contributed by atoms with Gasteiger partial charge in [-0.1, -0.05) is 61.0 Å². The third-order valence-electron chi connectivity index (χ3n) is 6.51. The molecule has 1 aliphatic carbocycles. The molecule has 2 aromatic carbocycles. The molecule has 1 saturated carbocycles. The van der Waals surface area contributed by atoms with Gasteiger partial charge in [-0.3, -0.25) is 4.90 Å². The predicted molar refractivity (Wildman–Crippen MR) is 112 cm³/mol. The Hall–Kier alpha value is -1.72. The maximum absolute atomic E-state index is 11.6. The van der Waals surface area contributed by atoms with E-state index < -0.39 is 11.7 Å². The lowest BCUT2D eigenvalue weighted by atomic mass is 9.66. The zero-order valence-corrected chi connectivity index (χ0v) is 16.6. The van der Waals surface area contributed by atoms with Crippen LogP contribution >= 0.6 is 0 Å². The van der Waals surface area contributed by atoms with Crippen LogP contribution in [-0.2, 0) is 18.7 Å². The van der Waals surface area contributed by atoms with Crippen molar-refractivity contribution in [3.8, 4) is 0 Å². The van der Waals surface area contributed by atoms with E-state index in [0.717, 1.165) is 63.0 Å². The van der Waals surface area contributed by atoms with Gasteiger partial charge in [-0.05, 0) is 55.0 Å².